The van der Waals surface area contributed by atoms with E-state index in [1.54, 1.807) is 11.8 Å². The molecule has 0 amide bonds. The van der Waals surface area contributed by atoms with Gasteiger partial charge in [0.1, 0.15) is 0 Å². The molecule has 1 aliphatic rings. The lowest BCUT2D eigenvalue weighted by molar-refractivity contribution is 0.0988. The molecule has 136 valence electrons. The lowest BCUT2D eigenvalue weighted by Gasteiger charge is -2.25. The zero-order valence-corrected chi connectivity index (χ0v) is 16.9. The van der Waals surface area contributed by atoms with E-state index in [9.17, 15) is 4.79 Å². The smallest absolute Gasteiger partial charge is 0.162 e. The molecule has 1 unspecified atom stereocenters. The summed E-state index contributed by atoms with van der Waals surface area (Å²) in [5.41, 5.74) is 4.57. The van der Waals surface area contributed by atoms with E-state index in [2.05, 4.69) is 68.4 Å². The molecule has 0 aromatic heterocycles. The third-order valence-electron chi connectivity index (χ3n) is 4.84. The number of Topliss-reactive ketones (excluding diaryl/α,β-unsaturated/α-hetero) is 1. The van der Waals surface area contributed by atoms with Gasteiger partial charge in [-0.2, -0.15) is 0 Å². The van der Waals surface area contributed by atoms with Crippen molar-refractivity contribution in [1.82, 2.24) is 4.90 Å². The Morgan fingerprint density at radius 3 is 2.50 bits per heavy atom. The number of hydrogen-bond donors (Lipinski definition) is 0. The highest BCUT2D eigenvalue weighted by Gasteiger charge is 2.23. The fourth-order valence-corrected chi connectivity index (χ4v) is 4.52. The highest BCUT2D eigenvalue weighted by Crippen LogP contribution is 2.46. The molecule has 2 nitrogen and oxygen atoms in total. The minimum absolute atomic E-state index is 0.205. The van der Waals surface area contributed by atoms with Crippen LogP contribution in [-0.2, 0) is 0 Å². The number of benzene rings is 2. The Morgan fingerprint density at radius 2 is 1.81 bits per heavy atom. The first kappa shape index (κ1) is 18.9. The van der Waals surface area contributed by atoms with Gasteiger partial charge in [-0.25, -0.2) is 0 Å². The molecule has 3 heteroatoms. The predicted octanol–water partition coefficient (Wildman–Crippen LogP) is 5.76. The van der Waals surface area contributed by atoms with E-state index in [4.69, 9.17) is 0 Å². The number of carbonyl (C=O) groups excluding carboxylic acids is 1. The van der Waals surface area contributed by atoms with Crippen molar-refractivity contribution < 1.29 is 4.79 Å². The first-order valence-electron chi connectivity index (χ1n) is 9.34. The van der Waals surface area contributed by atoms with Gasteiger partial charge in [-0.3, -0.25) is 4.79 Å². The molecular formula is C23H27NOS. The number of hydrogen-bond acceptors (Lipinski definition) is 3. The van der Waals surface area contributed by atoms with E-state index in [1.807, 2.05) is 13.0 Å². The van der Waals surface area contributed by atoms with Crippen LogP contribution < -0.4 is 0 Å². The molecule has 0 saturated carbocycles. The average Bonchev–Trinajstić information content (AvgIpc) is 2.65. The molecule has 1 heterocycles. The molecule has 0 N–H and O–H groups in total. The Balaban J connectivity index is 2.14. The van der Waals surface area contributed by atoms with E-state index in [-0.39, 0.29) is 5.78 Å². The largest absolute Gasteiger partial charge is 0.309 e. The van der Waals surface area contributed by atoms with Crippen LogP contribution >= 0.6 is 11.8 Å². The molecule has 3 rings (SSSR count). The van der Waals surface area contributed by atoms with Gasteiger partial charge >= 0.3 is 0 Å². The standard InChI is InChI=1S/C23H27NOS/c1-5-16(15-24(3)4)13-19-18-9-7-8-10-22(18)26-23-12-11-17(14-20(19)23)21(25)6-2/h7-14,16H,5-6,15H2,1-4H3/b19-13-. The van der Waals surface area contributed by atoms with E-state index in [0.717, 1.165) is 18.5 Å². The van der Waals surface area contributed by atoms with Crippen LogP contribution in [0.25, 0.3) is 5.57 Å². The van der Waals surface area contributed by atoms with Crippen LogP contribution in [0.2, 0.25) is 0 Å². The van der Waals surface area contributed by atoms with Crippen LogP contribution in [0.5, 0.6) is 0 Å². The lowest BCUT2D eigenvalue weighted by Crippen LogP contribution is -2.20. The quantitative estimate of drug-likeness (QED) is 0.518. The van der Waals surface area contributed by atoms with Crippen LogP contribution in [0.4, 0.5) is 0 Å². The molecule has 2 aromatic rings. The topological polar surface area (TPSA) is 20.3 Å². The van der Waals surface area contributed by atoms with Crippen molar-refractivity contribution in [2.75, 3.05) is 20.6 Å². The van der Waals surface area contributed by atoms with Crippen molar-refractivity contribution in [3.05, 3.63) is 65.2 Å². The maximum absolute atomic E-state index is 12.2. The van der Waals surface area contributed by atoms with Crippen LogP contribution in [0, 0.1) is 5.92 Å². The summed E-state index contributed by atoms with van der Waals surface area (Å²) in [7, 11) is 4.25. The molecule has 1 aliphatic heterocycles. The van der Waals surface area contributed by atoms with Crippen LogP contribution in [-0.4, -0.2) is 31.3 Å². The van der Waals surface area contributed by atoms with Gasteiger partial charge in [0.2, 0.25) is 0 Å². The Bertz CT molecular complexity index is 838. The second-order valence-electron chi connectivity index (χ2n) is 7.10. The lowest BCUT2D eigenvalue weighted by atomic mass is 9.90. The molecule has 1 atom stereocenters. The van der Waals surface area contributed by atoms with Gasteiger partial charge in [-0.15, -0.1) is 0 Å². The minimum Gasteiger partial charge on any atom is -0.309 e. The van der Waals surface area contributed by atoms with Crippen molar-refractivity contribution in [2.24, 2.45) is 5.92 Å². The fraction of sp³-hybridized carbons (Fsp3) is 0.348. The summed E-state index contributed by atoms with van der Waals surface area (Å²) in [6.45, 7) is 5.19. The maximum Gasteiger partial charge on any atom is 0.162 e. The van der Waals surface area contributed by atoms with Gasteiger partial charge in [0.05, 0.1) is 0 Å². The molecule has 0 fully saturated rings. The van der Waals surface area contributed by atoms with Crippen LogP contribution in [0.3, 0.4) is 0 Å². The van der Waals surface area contributed by atoms with Crippen LogP contribution in [0.15, 0.2) is 58.3 Å². The Morgan fingerprint density at radius 1 is 1.08 bits per heavy atom. The second-order valence-corrected chi connectivity index (χ2v) is 8.18. The number of carbonyl (C=O) groups is 1. The summed E-state index contributed by atoms with van der Waals surface area (Å²) in [5, 5.41) is 0. The molecule has 2 aromatic carbocycles. The van der Waals surface area contributed by atoms with E-state index in [1.165, 1.54) is 26.5 Å². The Hall–Kier alpha value is -1.84. The first-order valence-corrected chi connectivity index (χ1v) is 10.2. The van der Waals surface area contributed by atoms with Gasteiger partial charge in [0, 0.05) is 28.3 Å². The maximum atomic E-state index is 12.2. The van der Waals surface area contributed by atoms with Crippen LogP contribution in [0.1, 0.15) is 48.2 Å². The van der Waals surface area contributed by atoms with Gasteiger partial charge < -0.3 is 4.90 Å². The summed E-state index contributed by atoms with van der Waals surface area (Å²) in [6.07, 6.45) is 4.05. The fourth-order valence-electron chi connectivity index (χ4n) is 3.43. The molecule has 26 heavy (non-hydrogen) atoms. The SMILES string of the molecule is CCC(=O)c1ccc2c(c1)/C(=C\C(CC)CN(C)C)c1ccccc1S2. The van der Waals surface area contributed by atoms with Gasteiger partial charge in [0.15, 0.2) is 5.78 Å². The summed E-state index contributed by atoms with van der Waals surface area (Å²) in [5.74, 6) is 0.686. The van der Waals surface area contributed by atoms with Gasteiger partial charge in [-0.05, 0) is 61.3 Å². The number of nitrogens with zero attached hydrogens (tertiary/aromatic N) is 1. The van der Waals surface area contributed by atoms with Crippen molar-refractivity contribution in [1.29, 1.82) is 0 Å². The summed E-state index contributed by atoms with van der Waals surface area (Å²) >= 11 is 1.80. The predicted molar refractivity (Wildman–Crippen MR) is 111 cm³/mol. The number of fused-ring (bicyclic) bond motifs is 2. The Labute approximate surface area is 161 Å². The molecule has 0 aliphatic carbocycles. The molecule has 0 radical (unpaired) electrons. The van der Waals surface area contributed by atoms with Crippen molar-refractivity contribution in [3.63, 3.8) is 0 Å². The van der Waals surface area contributed by atoms with Gasteiger partial charge in [-0.1, -0.05) is 56.0 Å². The monoisotopic (exact) mass is 365 g/mol. The zero-order chi connectivity index (χ0) is 18.7. The van der Waals surface area contributed by atoms with E-state index < -0.39 is 0 Å². The number of ketones is 1. The van der Waals surface area contributed by atoms with E-state index in [0.29, 0.717) is 12.3 Å². The first-order chi connectivity index (χ1) is 12.5. The highest BCUT2D eigenvalue weighted by atomic mass is 32.2. The highest BCUT2D eigenvalue weighted by molar-refractivity contribution is 7.99. The second kappa shape index (κ2) is 8.24. The Kier molecular flexibility index (Phi) is 6.00. The molecule has 0 saturated heterocycles. The average molecular weight is 366 g/mol. The molecular weight excluding hydrogens is 338 g/mol. The summed E-state index contributed by atoms with van der Waals surface area (Å²) in [4.78, 5) is 17.0. The van der Waals surface area contributed by atoms with E-state index >= 15 is 0 Å². The third kappa shape index (κ3) is 3.94. The molecule has 0 spiro atoms. The summed E-state index contributed by atoms with van der Waals surface area (Å²) < 4.78 is 0. The van der Waals surface area contributed by atoms with Crippen molar-refractivity contribution in [2.45, 2.75) is 36.5 Å². The number of rotatable bonds is 6. The normalized spacial score (nSPS) is 15.7. The van der Waals surface area contributed by atoms with Gasteiger partial charge in [0.25, 0.3) is 0 Å². The molecule has 0 bridgehead atoms. The third-order valence-corrected chi connectivity index (χ3v) is 5.99. The van der Waals surface area contributed by atoms with Crippen molar-refractivity contribution >= 4 is 23.1 Å². The minimum atomic E-state index is 0.205. The zero-order valence-electron chi connectivity index (χ0n) is 16.1. The van der Waals surface area contributed by atoms with Crippen molar-refractivity contribution in [3.8, 4) is 0 Å². The summed E-state index contributed by atoms with van der Waals surface area (Å²) in [6, 6.07) is 14.8.